The number of hydrogen-bond donors (Lipinski definition) is 1. The molecule has 0 bridgehead atoms. The highest BCUT2D eigenvalue weighted by Crippen LogP contribution is 2.34. The zero-order chi connectivity index (χ0) is 13.5. The summed E-state index contributed by atoms with van der Waals surface area (Å²) in [4.78, 5) is 4.77. The lowest BCUT2D eigenvalue weighted by molar-refractivity contribution is 0.566. The number of hydrogen-bond acceptors (Lipinski definition) is 3. The Balaban J connectivity index is 1.84. The predicted octanol–water partition coefficient (Wildman–Crippen LogP) is 4.18. The van der Waals surface area contributed by atoms with Crippen LogP contribution in [0.1, 0.15) is 22.2 Å². The van der Waals surface area contributed by atoms with Crippen LogP contribution in [-0.4, -0.2) is 11.5 Å². The Morgan fingerprint density at radius 3 is 3.05 bits per heavy atom. The van der Waals surface area contributed by atoms with Crippen molar-refractivity contribution < 1.29 is 0 Å². The normalized spacial score (nSPS) is 18.1. The van der Waals surface area contributed by atoms with Crippen LogP contribution in [0, 0.1) is 0 Å². The lowest BCUT2D eigenvalue weighted by Crippen LogP contribution is -2.30. The maximum atomic E-state index is 6.06. The third kappa shape index (κ3) is 2.03. The molecule has 1 N–H and O–H groups in total. The smallest absolute Gasteiger partial charge is 0.115 e. The van der Waals surface area contributed by atoms with E-state index >= 15 is 0 Å². The van der Waals surface area contributed by atoms with E-state index in [1.54, 1.807) is 11.3 Å². The van der Waals surface area contributed by atoms with Crippen molar-refractivity contribution in [2.24, 2.45) is 0 Å². The Hall–Kier alpha value is -1.42. The van der Waals surface area contributed by atoms with Gasteiger partial charge < -0.3 is 5.32 Å². The standard InChI is InChI=1S/C16H13ClN2S/c17-11-5-6-13-14(9-11)20-16(19-13)15-12-4-2-1-3-10(12)7-8-18-15/h1-6,9,15,18H,7-8H2. The first kappa shape index (κ1) is 12.3. The van der Waals surface area contributed by atoms with Gasteiger partial charge in [-0.3, -0.25) is 0 Å². The predicted molar refractivity (Wildman–Crippen MR) is 84.6 cm³/mol. The molecule has 0 saturated heterocycles. The molecule has 0 fully saturated rings. The summed E-state index contributed by atoms with van der Waals surface area (Å²) in [5.74, 6) is 0. The number of thiazole rings is 1. The molecule has 2 aromatic carbocycles. The molecule has 100 valence electrons. The van der Waals surface area contributed by atoms with E-state index in [0.717, 1.165) is 33.2 Å². The zero-order valence-electron chi connectivity index (χ0n) is 10.8. The number of aromatic nitrogens is 1. The molecule has 0 aliphatic carbocycles. The average molecular weight is 301 g/mol. The van der Waals surface area contributed by atoms with Crippen LogP contribution in [0.25, 0.3) is 10.2 Å². The Morgan fingerprint density at radius 2 is 2.10 bits per heavy atom. The summed E-state index contributed by atoms with van der Waals surface area (Å²) in [7, 11) is 0. The lowest BCUT2D eigenvalue weighted by Gasteiger charge is -2.25. The van der Waals surface area contributed by atoms with Gasteiger partial charge in [-0.1, -0.05) is 35.9 Å². The Kier molecular flexibility index (Phi) is 2.99. The van der Waals surface area contributed by atoms with Crippen molar-refractivity contribution in [1.29, 1.82) is 0 Å². The van der Waals surface area contributed by atoms with E-state index in [2.05, 4.69) is 29.6 Å². The largest absolute Gasteiger partial charge is 0.304 e. The molecule has 0 spiro atoms. The van der Waals surface area contributed by atoms with Crippen LogP contribution in [0.4, 0.5) is 0 Å². The highest BCUT2D eigenvalue weighted by molar-refractivity contribution is 7.18. The molecule has 0 radical (unpaired) electrons. The van der Waals surface area contributed by atoms with Gasteiger partial charge in [-0.15, -0.1) is 11.3 Å². The van der Waals surface area contributed by atoms with Crippen molar-refractivity contribution in [3.05, 3.63) is 63.6 Å². The summed E-state index contributed by atoms with van der Waals surface area (Å²) < 4.78 is 1.15. The maximum Gasteiger partial charge on any atom is 0.115 e. The van der Waals surface area contributed by atoms with E-state index in [4.69, 9.17) is 16.6 Å². The first-order valence-electron chi connectivity index (χ1n) is 6.68. The van der Waals surface area contributed by atoms with Gasteiger partial charge in [0.25, 0.3) is 0 Å². The SMILES string of the molecule is Clc1ccc2nc(C3NCCc4ccccc43)sc2c1. The summed E-state index contributed by atoms with van der Waals surface area (Å²) in [5.41, 5.74) is 3.80. The van der Waals surface area contributed by atoms with Gasteiger partial charge in [0.05, 0.1) is 16.3 Å². The molecule has 1 unspecified atom stereocenters. The summed E-state index contributed by atoms with van der Waals surface area (Å²) in [6, 6.07) is 14.7. The number of halogens is 1. The molecule has 3 aromatic rings. The number of nitrogens with zero attached hydrogens (tertiary/aromatic N) is 1. The molecular weight excluding hydrogens is 288 g/mol. The molecule has 4 heteroatoms. The van der Waals surface area contributed by atoms with Crippen LogP contribution in [0.5, 0.6) is 0 Å². The van der Waals surface area contributed by atoms with Gasteiger partial charge in [-0.25, -0.2) is 4.98 Å². The van der Waals surface area contributed by atoms with Crippen molar-refractivity contribution in [2.75, 3.05) is 6.54 Å². The monoisotopic (exact) mass is 300 g/mol. The third-order valence-electron chi connectivity index (χ3n) is 3.72. The van der Waals surface area contributed by atoms with E-state index < -0.39 is 0 Å². The molecule has 2 nitrogen and oxygen atoms in total. The van der Waals surface area contributed by atoms with Gasteiger partial charge in [0.1, 0.15) is 5.01 Å². The van der Waals surface area contributed by atoms with Crippen molar-refractivity contribution in [2.45, 2.75) is 12.5 Å². The Labute approximate surface area is 126 Å². The number of rotatable bonds is 1. The average Bonchev–Trinajstić information content (AvgIpc) is 2.89. The quantitative estimate of drug-likeness (QED) is 0.729. The van der Waals surface area contributed by atoms with E-state index in [9.17, 15) is 0 Å². The third-order valence-corrected chi connectivity index (χ3v) is 5.04. The minimum atomic E-state index is 0.205. The fourth-order valence-electron chi connectivity index (χ4n) is 2.76. The van der Waals surface area contributed by atoms with E-state index in [-0.39, 0.29) is 6.04 Å². The number of nitrogens with one attached hydrogen (secondary N) is 1. The van der Waals surface area contributed by atoms with Gasteiger partial charge in [0.2, 0.25) is 0 Å². The summed E-state index contributed by atoms with van der Waals surface area (Å²) in [6.07, 6.45) is 1.09. The highest BCUT2D eigenvalue weighted by Gasteiger charge is 2.23. The lowest BCUT2D eigenvalue weighted by atomic mass is 9.95. The minimum absolute atomic E-state index is 0.205. The minimum Gasteiger partial charge on any atom is -0.304 e. The van der Waals surface area contributed by atoms with Gasteiger partial charge >= 0.3 is 0 Å². The van der Waals surface area contributed by atoms with Gasteiger partial charge in [0, 0.05) is 11.6 Å². The van der Waals surface area contributed by atoms with Crippen LogP contribution < -0.4 is 5.32 Å². The molecular formula is C16H13ClN2S. The van der Waals surface area contributed by atoms with Crippen LogP contribution >= 0.6 is 22.9 Å². The molecule has 1 aromatic heterocycles. The van der Waals surface area contributed by atoms with Gasteiger partial charge in [-0.05, 0) is 35.7 Å². The Bertz CT molecular complexity index is 781. The molecule has 2 heterocycles. The Morgan fingerprint density at radius 1 is 1.20 bits per heavy atom. The van der Waals surface area contributed by atoms with Crippen molar-refractivity contribution in [1.82, 2.24) is 10.3 Å². The van der Waals surface area contributed by atoms with Crippen LogP contribution in [0.3, 0.4) is 0 Å². The first-order valence-corrected chi connectivity index (χ1v) is 7.88. The number of benzene rings is 2. The first-order chi connectivity index (χ1) is 9.81. The molecule has 0 amide bonds. The highest BCUT2D eigenvalue weighted by atomic mass is 35.5. The molecule has 20 heavy (non-hydrogen) atoms. The van der Waals surface area contributed by atoms with Gasteiger partial charge in [-0.2, -0.15) is 0 Å². The second-order valence-corrected chi connectivity index (χ2v) is 6.50. The van der Waals surface area contributed by atoms with Crippen molar-refractivity contribution in [3.63, 3.8) is 0 Å². The summed E-state index contributed by atoms with van der Waals surface area (Å²) in [5, 5.41) is 5.47. The fourth-order valence-corrected chi connectivity index (χ4v) is 4.10. The van der Waals surface area contributed by atoms with Crippen LogP contribution in [-0.2, 0) is 6.42 Å². The number of fused-ring (bicyclic) bond motifs is 2. The topological polar surface area (TPSA) is 24.9 Å². The van der Waals surface area contributed by atoms with E-state index in [1.807, 2.05) is 18.2 Å². The maximum absolute atomic E-state index is 6.06. The molecule has 1 aliphatic rings. The van der Waals surface area contributed by atoms with E-state index in [0.29, 0.717) is 0 Å². The molecule has 0 saturated carbocycles. The fraction of sp³-hybridized carbons (Fsp3) is 0.188. The van der Waals surface area contributed by atoms with Gasteiger partial charge in [0.15, 0.2) is 0 Å². The molecule has 1 aliphatic heterocycles. The van der Waals surface area contributed by atoms with Crippen LogP contribution in [0.15, 0.2) is 42.5 Å². The molecule has 4 rings (SSSR count). The second-order valence-electron chi connectivity index (χ2n) is 5.00. The zero-order valence-corrected chi connectivity index (χ0v) is 12.3. The van der Waals surface area contributed by atoms with Crippen molar-refractivity contribution >= 4 is 33.2 Å². The van der Waals surface area contributed by atoms with Crippen LogP contribution in [0.2, 0.25) is 5.02 Å². The van der Waals surface area contributed by atoms with Crippen molar-refractivity contribution in [3.8, 4) is 0 Å². The summed E-state index contributed by atoms with van der Waals surface area (Å²) >= 11 is 7.78. The second kappa shape index (κ2) is 4.85. The summed E-state index contributed by atoms with van der Waals surface area (Å²) in [6.45, 7) is 0.998. The molecule has 1 atom stereocenters. The van der Waals surface area contributed by atoms with E-state index in [1.165, 1.54) is 11.1 Å².